The summed E-state index contributed by atoms with van der Waals surface area (Å²) in [5, 5.41) is 9.46. The van der Waals surface area contributed by atoms with Crippen LogP contribution < -0.4 is 0 Å². The molecule has 1 N–H and O–H groups in total. The molecular weight excluding hydrogens is 376 g/mol. The number of ether oxygens (including phenoxy) is 1. The van der Waals surface area contributed by atoms with Crippen molar-refractivity contribution in [3.05, 3.63) is 0 Å². The molecule has 0 spiro atoms. The third-order valence-corrected chi connectivity index (χ3v) is 8.02. The number of unbranched alkanes of at least 4 members (excludes halogenated alkanes) is 4. The maximum atomic E-state index is 12.7. The summed E-state index contributed by atoms with van der Waals surface area (Å²) in [4.78, 5) is 24.2. The minimum Gasteiger partial charge on any atom is -0.481 e. The molecule has 2 aliphatic carbocycles. The molecule has 0 amide bonds. The van der Waals surface area contributed by atoms with Crippen LogP contribution in [-0.4, -0.2) is 23.7 Å². The van der Waals surface area contributed by atoms with E-state index in [0.29, 0.717) is 37.2 Å². The molecule has 2 saturated carbocycles. The van der Waals surface area contributed by atoms with Gasteiger partial charge in [0.05, 0.1) is 18.4 Å². The second kappa shape index (κ2) is 12.7. The fourth-order valence-electron chi connectivity index (χ4n) is 6.01. The second-order valence-electron chi connectivity index (χ2n) is 10.5. The average Bonchev–Trinajstić information content (AvgIpc) is 2.72. The van der Waals surface area contributed by atoms with Gasteiger partial charge in [-0.25, -0.2) is 0 Å². The highest BCUT2D eigenvalue weighted by atomic mass is 16.5. The number of carboxylic acid groups (broad SMARTS) is 1. The van der Waals surface area contributed by atoms with Gasteiger partial charge in [-0.1, -0.05) is 79.1 Å². The van der Waals surface area contributed by atoms with E-state index in [9.17, 15) is 14.7 Å². The highest BCUT2D eigenvalue weighted by molar-refractivity contribution is 5.81. The molecule has 0 aliphatic heterocycles. The molecular formula is C26H46O4. The number of aliphatic carboxylic acids is 1. The third kappa shape index (κ3) is 7.27. The van der Waals surface area contributed by atoms with Gasteiger partial charge in [-0.05, 0) is 55.3 Å². The standard InChI is InChI=1S/C26H46O4/c1-5-6-7-8-9-12-20-16-21(19(4)15-24(20)18(2)3)17-30-26(29)23-14-11-10-13-22(23)25(27)28/h18-24H,5-17H2,1-4H3,(H,27,28). The molecule has 6 atom stereocenters. The minimum atomic E-state index is -0.842. The summed E-state index contributed by atoms with van der Waals surface area (Å²) in [7, 11) is 0. The van der Waals surface area contributed by atoms with Crippen LogP contribution in [-0.2, 0) is 14.3 Å². The van der Waals surface area contributed by atoms with Crippen LogP contribution in [0, 0.1) is 41.4 Å². The maximum Gasteiger partial charge on any atom is 0.309 e. The lowest BCUT2D eigenvalue weighted by Gasteiger charge is -2.42. The van der Waals surface area contributed by atoms with E-state index in [4.69, 9.17) is 4.74 Å². The first-order valence-corrected chi connectivity index (χ1v) is 12.7. The van der Waals surface area contributed by atoms with Crippen LogP contribution in [0.15, 0.2) is 0 Å². The molecule has 0 aromatic heterocycles. The van der Waals surface area contributed by atoms with E-state index >= 15 is 0 Å². The largest absolute Gasteiger partial charge is 0.481 e. The van der Waals surface area contributed by atoms with Crippen molar-refractivity contribution in [3.8, 4) is 0 Å². The van der Waals surface area contributed by atoms with Crippen molar-refractivity contribution in [1.82, 2.24) is 0 Å². The number of hydrogen-bond donors (Lipinski definition) is 1. The molecule has 4 nitrogen and oxygen atoms in total. The van der Waals surface area contributed by atoms with Crippen LogP contribution in [0.5, 0.6) is 0 Å². The van der Waals surface area contributed by atoms with Gasteiger partial charge in [0.15, 0.2) is 0 Å². The van der Waals surface area contributed by atoms with Crippen molar-refractivity contribution in [2.75, 3.05) is 6.61 Å². The van der Waals surface area contributed by atoms with Gasteiger partial charge in [-0.3, -0.25) is 9.59 Å². The first-order chi connectivity index (χ1) is 14.3. The number of carbonyl (C=O) groups excluding carboxylic acids is 1. The van der Waals surface area contributed by atoms with Crippen LogP contribution in [0.3, 0.4) is 0 Å². The molecule has 2 fully saturated rings. The lowest BCUT2D eigenvalue weighted by molar-refractivity contribution is -0.161. The van der Waals surface area contributed by atoms with Crippen molar-refractivity contribution in [2.24, 2.45) is 41.4 Å². The molecule has 0 heterocycles. The molecule has 174 valence electrons. The Balaban J connectivity index is 1.89. The number of carboxylic acids is 1. The number of carbonyl (C=O) groups is 2. The van der Waals surface area contributed by atoms with Crippen LogP contribution in [0.1, 0.15) is 105 Å². The van der Waals surface area contributed by atoms with Crippen LogP contribution in [0.25, 0.3) is 0 Å². The van der Waals surface area contributed by atoms with E-state index < -0.39 is 17.8 Å². The van der Waals surface area contributed by atoms with Gasteiger partial charge in [0, 0.05) is 0 Å². The molecule has 6 unspecified atom stereocenters. The van der Waals surface area contributed by atoms with E-state index in [1.54, 1.807) is 0 Å². The Kier molecular flexibility index (Phi) is 10.7. The quantitative estimate of drug-likeness (QED) is 0.297. The van der Waals surface area contributed by atoms with Gasteiger partial charge in [0.25, 0.3) is 0 Å². The molecule has 2 aliphatic rings. The SMILES string of the molecule is CCCCCCCC1CC(COC(=O)C2CCCCC2C(=O)O)C(C)CC1C(C)C. The Hall–Kier alpha value is -1.06. The molecule has 0 saturated heterocycles. The lowest BCUT2D eigenvalue weighted by atomic mass is 9.64. The molecule has 0 aromatic rings. The van der Waals surface area contributed by atoms with Crippen molar-refractivity contribution < 1.29 is 19.4 Å². The Morgan fingerprint density at radius 3 is 2.27 bits per heavy atom. The zero-order valence-corrected chi connectivity index (χ0v) is 19.9. The fraction of sp³-hybridized carbons (Fsp3) is 0.923. The van der Waals surface area contributed by atoms with Crippen molar-refractivity contribution in [1.29, 1.82) is 0 Å². The predicted octanol–water partition coefficient (Wildman–Crippen LogP) is 6.72. The second-order valence-corrected chi connectivity index (χ2v) is 10.5. The Morgan fingerprint density at radius 1 is 0.967 bits per heavy atom. The molecule has 2 rings (SSSR count). The number of rotatable bonds is 11. The molecule has 0 bridgehead atoms. The summed E-state index contributed by atoms with van der Waals surface area (Å²) in [5.41, 5.74) is 0. The van der Waals surface area contributed by atoms with Gasteiger partial charge in [0.2, 0.25) is 0 Å². The first kappa shape index (κ1) is 25.2. The predicted molar refractivity (Wildman–Crippen MR) is 121 cm³/mol. The summed E-state index contributed by atoms with van der Waals surface area (Å²) in [5.74, 6) is 1.06. The Bertz CT molecular complexity index is 529. The van der Waals surface area contributed by atoms with Crippen LogP contribution >= 0.6 is 0 Å². The summed E-state index contributed by atoms with van der Waals surface area (Å²) in [6, 6.07) is 0. The normalized spacial score (nSPS) is 32.2. The summed E-state index contributed by atoms with van der Waals surface area (Å²) < 4.78 is 5.77. The molecule has 0 aromatic carbocycles. The zero-order valence-electron chi connectivity index (χ0n) is 19.9. The van der Waals surface area contributed by atoms with Gasteiger partial charge in [0.1, 0.15) is 0 Å². The van der Waals surface area contributed by atoms with Gasteiger partial charge in [-0.2, -0.15) is 0 Å². The highest BCUT2D eigenvalue weighted by Crippen LogP contribution is 2.44. The van der Waals surface area contributed by atoms with E-state index in [0.717, 1.165) is 31.1 Å². The fourth-order valence-corrected chi connectivity index (χ4v) is 6.01. The smallest absolute Gasteiger partial charge is 0.309 e. The van der Waals surface area contributed by atoms with Crippen LogP contribution in [0.4, 0.5) is 0 Å². The number of esters is 1. The van der Waals surface area contributed by atoms with Gasteiger partial charge >= 0.3 is 11.9 Å². The highest BCUT2D eigenvalue weighted by Gasteiger charge is 2.39. The Morgan fingerprint density at radius 2 is 1.63 bits per heavy atom. The van der Waals surface area contributed by atoms with Crippen molar-refractivity contribution in [2.45, 2.75) is 105 Å². The van der Waals surface area contributed by atoms with E-state index in [-0.39, 0.29) is 5.97 Å². The van der Waals surface area contributed by atoms with E-state index in [1.807, 2.05) is 0 Å². The monoisotopic (exact) mass is 422 g/mol. The molecule has 4 heteroatoms. The summed E-state index contributed by atoms with van der Waals surface area (Å²) in [6.45, 7) is 9.76. The number of hydrogen-bond acceptors (Lipinski definition) is 3. The maximum absolute atomic E-state index is 12.7. The summed E-state index contributed by atoms with van der Waals surface area (Å²) >= 11 is 0. The van der Waals surface area contributed by atoms with E-state index in [2.05, 4.69) is 27.7 Å². The first-order valence-electron chi connectivity index (χ1n) is 12.7. The van der Waals surface area contributed by atoms with Gasteiger partial charge < -0.3 is 9.84 Å². The molecule has 0 radical (unpaired) electrons. The van der Waals surface area contributed by atoms with Gasteiger partial charge in [-0.15, -0.1) is 0 Å². The topological polar surface area (TPSA) is 63.6 Å². The van der Waals surface area contributed by atoms with Crippen molar-refractivity contribution in [3.63, 3.8) is 0 Å². The minimum absolute atomic E-state index is 0.267. The molecule has 30 heavy (non-hydrogen) atoms. The lowest BCUT2D eigenvalue weighted by Crippen LogP contribution is -2.38. The Labute approximate surface area is 184 Å². The summed E-state index contributed by atoms with van der Waals surface area (Å²) in [6.07, 6.45) is 13.4. The van der Waals surface area contributed by atoms with E-state index in [1.165, 1.54) is 44.9 Å². The third-order valence-electron chi connectivity index (χ3n) is 8.02. The average molecular weight is 423 g/mol. The zero-order chi connectivity index (χ0) is 22.1. The van der Waals surface area contributed by atoms with Crippen LogP contribution in [0.2, 0.25) is 0 Å². The van der Waals surface area contributed by atoms with Crippen molar-refractivity contribution >= 4 is 11.9 Å².